The molecule has 1 heterocycles. The number of non-ortho nitro benzene ring substituents is 1. The lowest BCUT2D eigenvalue weighted by Crippen LogP contribution is -2.33. The van der Waals surface area contributed by atoms with Crippen molar-refractivity contribution in [2.45, 2.75) is 11.3 Å². The molecule has 0 fully saturated rings. The first-order valence-corrected chi connectivity index (χ1v) is 12.5. The predicted molar refractivity (Wildman–Crippen MR) is 137 cm³/mol. The van der Waals surface area contributed by atoms with E-state index in [9.17, 15) is 23.3 Å². The van der Waals surface area contributed by atoms with E-state index in [2.05, 4.69) is 10.6 Å². The summed E-state index contributed by atoms with van der Waals surface area (Å²) in [5.41, 5.74) is 4.07. The van der Waals surface area contributed by atoms with Gasteiger partial charge in [0.05, 0.1) is 21.9 Å². The van der Waals surface area contributed by atoms with Crippen LogP contribution >= 0.6 is 0 Å². The Labute approximate surface area is 213 Å². The Hall–Kier alpha value is -4.61. The minimum Gasteiger partial charge on any atom is -0.355 e. The molecule has 4 aromatic rings. The SMILES string of the molecule is C[n+]1ccc(Nc2cccc(C(=O)Nc3ccc([N+](=O)[O-])cc3)c2)cc1Cc1ccc(S(=O)(=O)O)cc1. The van der Waals surface area contributed by atoms with Gasteiger partial charge in [-0.15, -0.1) is 0 Å². The number of nitro groups is 1. The van der Waals surface area contributed by atoms with Crippen molar-refractivity contribution in [1.29, 1.82) is 0 Å². The van der Waals surface area contributed by atoms with E-state index in [0.717, 1.165) is 16.9 Å². The summed E-state index contributed by atoms with van der Waals surface area (Å²) in [6.07, 6.45) is 2.41. The van der Waals surface area contributed by atoms with E-state index in [-0.39, 0.29) is 16.5 Å². The third-order valence-electron chi connectivity index (χ3n) is 5.61. The Morgan fingerprint density at radius 3 is 2.27 bits per heavy atom. The van der Waals surface area contributed by atoms with Crippen LogP contribution in [-0.4, -0.2) is 23.8 Å². The van der Waals surface area contributed by atoms with Crippen LogP contribution in [0.4, 0.5) is 22.7 Å². The van der Waals surface area contributed by atoms with E-state index in [1.165, 1.54) is 36.4 Å². The minimum absolute atomic E-state index is 0.0602. The van der Waals surface area contributed by atoms with E-state index >= 15 is 0 Å². The number of pyridine rings is 1. The van der Waals surface area contributed by atoms with Crippen LogP contribution in [0.25, 0.3) is 0 Å². The Kier molecular flexibility index (Phi) is 7.27. The molecule has 4 rings (SSSR count). The molecule has 3 aromatic carbocycles. The largest absolute Gasteiger partial charge is 0.355 e. The molecule has 0 aliphatic heterocycles. The standard InChI is InChI=1S/C26H22N4O6S/c1-29-14-13-22(17-24(29)15-18-5-11-25(12-6-18)37(34,35)36)27-21-4-2-3-19(16-21)26(31)28-20-7-9-23(10-8-20)30(32)33/h2-14,16-17H,15H2,1H3,(H2,28,31,34,35,36)/p+1. The van der Waals surface area contributed by atoms with Crippen molar-refractivity contribution in [3.63, 3.8) is 0 Å². The van der Waals surface area contributed by atoms with Gasteiger partial charge in [0.2, 0.25) is 0 Å². The maximum atomic E-state index is 12.7. The normalized spacial score (nSPS) is 11.1. The zero-order valence-corrected chi connectivity index (χ0v) is 20.5. The summed E-state index contributed by atoms with van der Waals surface area (Å²) in [5.74, 6) is -0.356. The second kappa shape index (κ2) is 10.6. The highest BCUT2D eigenvalue weighted by atomic mass is 32.2. The van der Waals surface area contributed by atoms with Gasteiger partial charge in [-0.25, -0.2) is 4.57 Å². The van der Waals surface area contributed by atoms with Gasteiger partial charge < -0.3 is 10.6 Å². The molecule has 0 spiro atoms. The van der Waals surface area contributed by atoms with Crippen LogP contribution in [0.3, 0.4) is 0 Å². The lowest BCUT2D eigenvalue weighted by atomic mass is 10.1. The van der Waals surface area contributed by atoms with E-state index in [1.54, 1.807) is 30.3 Å². The molecule has 0 aliphatic rings. The van der Waals surface area contributed by atoms with Crippen molar-refractivity contribution in [2.24, 2.45) is 7.05 Å². The number of aromatic nitrogens is 1. The number of benzene rings is 3. The lowest BCUT2D eigenvalue weighted by Gasteiger charge is -2.10. The topological polar surface area (TPSA) is 143 Å². The molecule has 0 bridgehead atoms. The van der Waals surface area contributed by atoms with Crippen molar-refractivity contribution >= 4 is 38.8 Å². The molecule has 1 aromatic heterocycles. The molecule has 0 aliphatic carbocycles. The molecule has 1 amide bonds. The van der Waals surface area contributed by atoms with Gasteiger partial charge in [-0.3, -0.25) is 19.5 Å². The molecule has 11 heteroatoms. The third-order valence-corrected chi connectivity index (χ3v) is 6.48. The van der Waals surface area contributed by atoms with Crippen LogP contribution in [0.1, 0.15) is 21.6 Å². The molecule has 3 N–H and O–H groups in total. The summed E-state index contributed by atoms with van der Waals surface area (Å²) in [5, 5.41) is 16.8. The van der Waals surface area contributed by atoms with E-state index in [1.807, 2.05) is 36.0 Å². The van der Waals surface area contributed by atoms with E-state index < -0.39 is 15.0 Å². The Morgan fingerprint density at radius 1 is 0.946 bits per heavy atom. The highest BCUT2D eigenvalue weighted by Crippen LogP contribution is 2.21. The summed E-state index contributed by atoms with van der Waals surface area (Å²) < 4.78 is 33.6. The van der Waals surface area contributed by atoms with Gasteiger partial charge in [-0.2, -0.15) is 8.42 Å². The number of amides is 1. The summed E-state index contributed by atoms with van der Waals surface area (Å²) in [6, 6.07) is 22.4. The molecular weight excluding hydrogens is 496 g/mol. The number of nitro benzene ring substituents is 1. The molecule has 188 valence electrons. The monoisotopic (exact) mass is 519 g/mol. The van der Waals surface area contributed by atoms with Crippen molar-refractivity contribution in [3.8, 4) is 0 Å². The Bertz CT molecular complexity index is 1570. The third kappa shape index (κ3) is 6.54. The zero-order valence-electron chi connectivity index (χ0n) is 19.7. The summed E-state index contributed by atoms with van der Waals surface area (Å²) >= 11 is 0. The predicted octanol–water partition coefficient (Wildman–Crippen LogP) is 4.25. The van der Waals surface area contributed by atoms with Crippen molar-refractivity contribution in [1.82, 2.24) is 0 Å². The minimum atomic E-state index is -4.24. The maximum Gasteiger partial charge on any atom is 0.294 e. The second-order valence-electron chi connectivity index (χ2n) is 8.28. The molecular formula is C26H23N4O6S+. The summed E-state index contributed by atoms with van der Waals surface area (Å²) in [6.45, 7) is 0. The fourth-order valence-electron chi connectivity index (χ4n) is 3.63. The molecule has 0 unspecified atom stereocenters. The van der Waals surface area contributed by atoms with Crippen LogP contribution in [-0.2, 0) is 23.6 Å². The molecule has 0 saturated carbocycles. The number of aryl methyl sites for hydroxylation is 1. The zero-order chi connectivity index (χ0) is 26.6. The smallest absolute Gasteiger partial charge is 0.294 e. The average Bonchev–Trinajstić information content (AvgIpc) is 2.86. The maximum absolute atomic E-state index is 12.7. The first-order chi connectivity index (χ1) is 17.6. The Balaban J connectivity index is 1.47. The van der Waals surface area contributed by atoms with Crippen molar-refractivity contribution in [3.05, 3.63) is 118 Å². The first-order valence-electron chi connectivity index (χ1n) is 11.1. The van der Waals surface area contributed by atoms with Gasteiger partial charge >= 0.3 is 0 Å². The van der Waals surface area contributed by atoms with Gasteiger partial charge in [-0.05, 0) is 48.0 Å². The van der Waals surface area contributed by atoms with Gasteiger partial charge in [0.1, 0.15) is 7.05 Å². The van der Waals surface area contributed by atoms with E-state index in [0.29, 0.717) is 23.4 Å². The number of nitrogens with one attached hydrogen (secondary N) is 2. The summed E-state index contributed by atoms with van der Waals surface area (Å²) in [4.78, 5) is 22.8. The molecule has 10 nitrogen and oxygen atoms in total. The molecule has 37 heavy (non-hydrogen) atoms. The number of rotatable bonds is 8. The highest BCUT2D eigenvalue weighted by Gasteiger charge is 2.13. The summed E-state index contributed by atoms with van der Waals surface area (Å²) in [7, 11) is -2.34. The second-order valence-corrected chi connectivity index (χ2v) is 9.70. The number of hydrogen-bond donors (Lipinski definition) is 3. The van der Waals surface area contributed by atoms with Crippen molar-refractivity contribution < 1.29 is 27.3 Å². The number of hydrogen-bond acceptors (Lipinski definition) is 6. The molecule has 0 radical (unpaired) electrons. The van der Waals surface area contributed by atoms with Crippen LogP contribution in [0.5, 0.6) is 0 Å². The molecule has 0 atom stereocenters. The van der Waals surface area contributed by atoms with Gasteiger partial charge in [-0.1, -0.05) is 18.2 Å². The number of carbonyl (C=O) groups excluding carboxylic acids is 1. The first kappa shape index (κ1) is 25.5. The lowest BCUT2D eigenvalue weighted by molar-refractivity contribution is -0.678. The fourth-order valence-corrected chi connectivity index (χ4v) is 4.11. The fraction of sp³-hybridized carbons (Fsp3) is 0.0769. The van der Waals surface area contributed by atoms with Crippen LogP contribution < -0.4 is 15.2 Å². The molecule has 0 saturated heterocycles. The number of anilines is 3. The van der Waals surface area contributed by atoms with Crippen LogP contribution in [0, 0.1) is 10.1 Å². The van der Waals surface area contributed by atoms with Gasteiger partial charge in [0.15, 0.2) is 11.9 Å². The highest BCUT2D eigenvalue weighted by molar-refractivity contribution is 7.85. The Morgan fingerprint density at radius 2 is 1.62 bits per heavy atom. The van der Waals surface area contributed by atoms with Crippen LogP contribution in [0.2, 0.25) is 0 Å². The van der Waals surface area contributed by atoms with E-state index in [4.69, 9.17) is 4.55 Å². The van der Waals surface area contributed by atoms with Crippen molar-refractivity contribution in [2.75, 3.05) is 10.6 Å². The number of carbonyl (C=O) groups is 1. The number of nitrogens with zero attached hydrogens (tertiary/aromatic N) is 2. The van der Waals surface area contributed by atoms with Gasteiger partial charge in [0.25, 0.3) is 21.7 Å². The average molecular weight is 520 g/mol. The quantitative estimate of drug-likeness (QED) is 0.137. The van der Waals surface area contributed by atoms with Crippen LogP contribution in [0.15, 0.2) is 96.0 Å². The van der Waals surface area contributed by atoms with Gasteiger partial charge in [0, 0.05) is 41.2 Å².